The lowest BCUT2D eigenvalue weighted by Crippen LogP contribution is -2.42. The molecule has 0 saturated heterocycles. The van der Waals surface area contributed by atoms with Crippen molar-refractivity contribution in [1.82, 2.24) is 14.7 Å². The van der Waals surface area contributed by atoms with Gasteiger partial charge in [0, 0.05) is 19.4 Å². The summed E-state index contributed by atoms with van der Waals surface area (Å²) in [5.41, 5.74) is -0.616. The monoisotopic (exact) mass is 296 g/mol. The van der Waals surface area contributed by atoms with Crippen LogP contribution in [0.4, 0.5) is 0 Å². The summed E-state index contributed by atoms with van der Waals surface area (Å²) in [5, 5.41) is 30.9. The van der Waals surface area contributed by atoms with Crippen molar-refractivity contribution in [3.63, 3.8) is 0 Å². The molecule has 0 fully saturated rings. The van der Waals surface area contributed by atoms with Crippen molar-refractivity contribution in [1.29, 1.82) is 0 Å². The molecule has 0 atom stereocenters. The molecule has 2 aromatic heterocycles. The van der Waals surface area contributed by atoms with Gasteiger partial charge in [0.15, 0.2) is 5.69 Å². The van der Waals surface area contributed by atoms with E-state index in [4.69, 9.17) is 5.11 Å². The third-order valence-corrected chi connectivity index (χ3v) is 3.46. The van der Waals surface area contributed by atoms with E-state index < -0.39 is 17.1 Å². The van der Waals surface area contributed by atoms with Crippen molar-refractivity contribution in [2.45, 2.75) is 26.8 Å². The third-order valence-electron chi connectivity index (χ3n) is 3.46. The van der Waals surface area contributed by atoms with Gasteiger partial charge in [0.05, 0.1) is 13.0 Å². The maximum atomic E-state index is 11.7. The van der Waals surface area contributed by atoms with Crippen LogP contribution in [0.2, 0.25) is 0 Å². The lowest BCUT2D eigenvalue weighted by molar-refractivity contribution is -0.711. The van der Waals surface area contributed by atoms with E-state index in [2.05, 4.69) is 0 Å². The Kier molecular flexibility index (Phi) is 3.85. The molecule has 0 aliphatic carbocycles. The van der Waals surface area contributed by atoms with E-state index in [1.54, 1.807) is 18.4 Å². The average Bonchev–Trinajstić information content (AvgIpc) is 2.60. The van der Waals surface area contributed by atoms with E-state index >= 15 is 0 Å². The van der Waals surface area contributed by atoms with Gasteiger partial charge >= 0.3 is 11.5 Å². The number of aliphatic hydroxyl groups is 1. The number of hydrogen-bond donors (Lipinski definition) is 4. The van der Waals surface area contributed by atoms with Gasteiger partial charge in [-0.1, -0.05) is 0 Å². The highest BCUT2D eigenvalue weighted by Crippen LogP contribution is 2.12. The summed E-state index contributed by atoms with van der Waals surface area (Å²) < 4.78 is 2.48. The van der Waals surface area contributed by atoms with Gasteiger partial charge in [-0.3, -0.25) is 9.78 Å². The molecule has 9 nitrogen and oxygen atoms in total. The first-order valence-electron chi connectivity index (χ1n) is 6.30. The minimum atomic E-state index is -0.872. The van der Waals surface area contributed by atoms with Gasteiger partial charge in [-0.15, -0.1) is 0 Å². The standard InChI is InChI=1S/C12H16N4O5/c1-6-7(2)16(21)9(15(6)3-4-17)5-8-10(18)13-12(20)14-11(8)19/h17H,3-5H2,1-2H3,(H3-,13,14,18,19,20,21). The number of aromatic nitrogens is 4. The summed E-state index contributed by atoms with van der Waals surface area (Å²) in [4.78, 5) is 26.7. The van der Waals surface area contributed by atoms with Crippen LogP contribution in [-0.2, 0) is 13.0 Å². The molecule has 0 aromatic carbocycles. The second-order valence-corrected chi connectivity index (χ2v) is 4.67. The Morgan fingerprint density at radius 2 is 1.95 bits per heavy atom. The van der Waals surface area contributed by atoms with Crippen LogP contribution in [0.5, 0.6) is 5.88 Å². The van der Waals surface area contributed by atoms with Gasteiger partial charge in [0.1, 0.15) is 12.2 Å². The highest BCUT2D eigenvalue weighted by atomic mass is 16.5. The van der Waals surface area contributed by atoms with Crippen molar-refractivity contribution < 1.29 is 20.0 Å². The van der Waals surface area contributed by atoms with Crippen molar-refractivity contribution >= 4 is 0 Å². The molecule has 0 radical (unpaired) electrons. The van der Waals surface area contributed by atoms with Crippen LogP contribution >= 0.6 is 0 Å². The number of hydrogen-bond acceptors (Lipinski definition) is 5. The summed E-state index contributed by atoms with van der Waals surface area (Å²) in [6.07, 6.45) is -0.171. The second kappa shape index (κ2) is 5.44. The quantitative estimate of drug-likeness (QED) is 0.370. The van der Waals surface area contributed by atoms with E-state index in [9.17, 15) is 19.9 Å². The van der Waals surface area contributed by atoms with E-state index in [1.807, 2.05) is 9.97 Å². The molecular formula is C12H16N4O5. The zero-order valence-electron chi connectivity index (χ0n) is 11.6. The molecule has 114 valence electrons. The summed E-state index contributed by atoms with van der Waals surface area (Å²) in [5.74, 6) is -0.524. The Balaban J connectivity index is 2.57. The molecule has 0 amide bonds. The summed E-state index contributed by atoms with van der Waals surface area (Å²) in [7, 11) is 0. The Bertz CT molecular complexity index is 786. The van der Waals surface area contributed by atoms with Gasteiger partial charge in [0.25, 0.3) is 5.56 Å². The Labute approximate surface area is 118 Å². The Morgan fingerprint density at radius 1 is 1.29 bits per heavy atom. The van der Waals surface area contributed by atoms with Crippen LogP contribution in [0.3, 0.4) is 0 Å². The SMILES string of the molecule is Cc1c(C)[n+](CCO)c(Cc2c([O-])[nH]c(=O)[nH]c2=O)n1O. The molecule has 9 heteroatoms. The second-order valence-electron chi connectivity index (χ2n) is 4.67. The maximum absolute atomic E-state index is 11.7. The Hall–Kier alpha value is -2.55. The van der Waals surface area contributed by atoms with Crippen molar-refractivity contribution in [3.05, 3.63) is 43.6 Å². The molecule has 0 bridgehead atoms. The third kappa shape index (κ3) is 2.55. The maximum Gasteiger partial charge on any atom is 0.325 e. The molecule has 2 rings (SSSR count). The number of H-pyrrole nitrogens is 2. The molecule has 0 saturated carbocycles. The van der Waals surface area contributed by atoms with E-state index in [-0.39, 0.29) is 31.0 Å². The van der Waals surface area contributed by atoms with Crippen molar-refractivity contribution in [3.8, 4) is 5.88 Å². The number of imidazole rings is 1. The van der Waals surface area contributed by atoms with Gasteiger partial charge in [-0.25, -0.2) is 9.36 Å². The fourth-order valence-corrected chi connectivity index (χ4v) is 2.23. The predicted molar refractivity (Wildman–Crippen MR) is 68.3 cm³/mol. The predicted octanol–water partition coefficient (Wildman–Crippen LogP) is -2.34. The van der Waals surface area contributed by atoms with Crippen LogP contribution in [0.1, 0.15) is 22.8 Å². The molecule has 0 aliphatic heterocycles. The van der Waals surface area contributed by atoms with Crippen LogP contribution in [0, 0.1) is 13.8 Å². The summed E-state index contributed by atoms with van der Waals surface area (Å²) in [6.45, 7) is 3.47. The van der Waals surface area contributed by atoms with Gasteiger partial charge < -0.3 is 20.4 Å². The van der Waals surface area contributed by atoms with Crippen molar-refractivity contribution in [2.24, 2.45) is 0 Å². The fraction of sp³-hybridized carbons (Fsp3) is 0.417. The van der Waals surface area contributed by atoms with Crippen LogP contribution in [0.15, 0.2) is 9.59 Å². The molecule has 0 unspecified atom stereocenters. The molecule has 2 heterocycles. The molecular weight excluding hydrogens is 280 g/mol. The largest absolute Gasteiger partial charge is 0.860 e. The molecule has 0 aliphatic rings. The zero-order chi connectivity index (χ0) is 15.7. The van der Waals surface area contributed by atoms with Gasteiger partial charge in [0.2, 0.25) is 0 Å². The number of aromatic amines is 2. The smallest absolute Gasteiger partial charge is 0.325 e. The van der Waals surface area contributed by atoms with E-state index in [0.717, 1.165) is 4.73 Å². The van der Waals surface area contributed by atoms with E-state index in [0.29, 0.717) is 11.4 Å². The Morgan fingerprint density at radius 3 is 2.52 bits per heavy atom. The first-order valence-corrected chi connectivity index (χ1v) is 6.30. The highest BCUT2D eigenvalue weighted by Gasteiger charge is 2.26. The van der Waals surface area contributed by atoms with Gasteiger partial charge in [-0.05, 0) is 10.6 Å². The van der Waals surface area contributed by atoms with Crippen LogP contribution in [-0.4, -0.2) is 31.6 Å². The minimum Gasteiger partial charge on any atom is -0.860 e. The number of nitrogens with zero attached hydrogens (tertiary/aromatic N) is 2. The molecule has 21 heavy (non-hydrogen) atoms. The normalized spacial score (nSPS) is 11.0. The minimum absolute atomic E-state index is 0.159. The van der Waals surface area contributed by atoms with E-state index in [1.165, 1.54) is 0 Å². The number of nitrogens with one attached hydrogen (secondary N) is 2. The number of rotatable bonds is 4. The molecule has 2 aromatic rings. The number of aliphatic hydroxyl groups excluding tert-OH is 1. The molecule has 4 N–H and O–H groups in total. The first kappa shape index (κ1) is 14.9. The molecule has 0 spiro atoms. The lowest BCUT2D eigenvalue weighted by Gasteiger charge is -2.09. The highest BCUT2D eigenvalue weighted by molar-refractivity contribution is 5.23. The first-order chi connectivity index (χ1) is 9.86. The van der Waals surface area contributed by atoms with Crippen molar-refractivity contribution in [2.75, 3.05) is 6.61 Å². The van der Waals surface area contributed by atoms with Crippen LogP contribution in [0.25, 0.3) is 0 Å². The fourth-order valence-electron chi connectivity index (χ4n) is 2.23. The lowest BCUT2D eigenvalue weighted by atomic mass is 10.2. The summed E-state index contributed by atoms with van der Waals surface area (Å²) in [6, 6.07) is 0. The summed E-state index contributed by atoms with van der Waals surface area (Å²) >= 11 is 0. The van der Waals surface area contributed by atoms with Crippen LogP contribution < -0.4 is 20.9 Å². The topological polar surface area (TPSA) is 138 Å². The zero-order valence-corrected chi connectivity index (χ0v) is 11.6. The average molecular weight is 296 g/mol. The van der Waals surface area contributed by atoms with Gasteiger partial charge in [-0.2, -0.15) is 0 Å².